The summed E-state index contributed by atoms with van der Waals surface area (Å²) in [5, 5.41) is 0.492. The van der Waals surface area contributed by atoms with Gasteiger partial charge in [-0.2, -0.15) is 0 Å². The number of hydrogen-bond acceptors (Lipinski definition) is 3. The third-order valence-electron chi connectivity index (χ3n) is 2.68. The summed E-state index contributed by atoms with van der Waals surface area (Å²) in [5.74, 6) is 0. The lowest BCUT2D eigenvalue weighted by molar-refractivity contribution is 0.0795. The molecule has 4 nitrogen and oxygen atoms in total. The standard InChI is InChI=1S/C14H14ClNO3S/c1-11-9-13(15)7-8-14(11)20(17,18)16-19-10-12-5-3-2-4-6-12/h2-9,16H,10H2,1H3. The Morgan fingerprint density at radius 3 is 2.50 bits per heavy atom. The van der Waals surface area contributed by atoms with Crippen molar-refractivity contribution in [3.8, 4) is 0 Å². The van der Waals surface area contributed by atoms with Gasteiger partial charge >= 0.3 is 0 Å². The summed E-state index contributed by atoms with van der Waals surface area (Å²) in [4.78, 5) is 7.31. The minimum absolute atomic E-state index is 0.148. The van der Waals surface area contributed by atoms with Crippen LogP contribution in [0.3, 0.4) is 0 Å². The van der Waals surface area contributed by atoms with E-state index in [4.69, 9.17) is 16.4 Å². The van der Waals surface area contributed by atoms with Gasteiger partial charge < -0.3 is 0 Å². The molecule has 0 fully saturated rings. The van der Waals surface area contributed by atoms with E-state index in [1.54, 1.807) is 13.0 Å². The monoisotopic (exact) mass is 311 g/mol. The van der Waals surface area contributed by atoms with E-state index in [0.717, 1.165) is 5.56 Å². The molecule has 106 valence electrons. The third kappa shape index (κ3) is 3.80. The first-order valence-corrected chi connectivity index (χ1v) is 7.79. The van der Waals surface area contributed by atoms with Gasteiger partial charge in [-0.25, -0.2) is 8.42 Å². The fourth-order valence-electron chi connectivity index (χ4n) is 1.72. The Balaban J connectivity index is 2.04. The van der Waals surface area contributed by atoms with Gasteiger partial charge in [-0.15, -0.1) is 0 Å². The van der Waals surface area contributed by atoms with Crippen LogP contribution in [-0.4, -0.2) is 8.42 Å². The molecule has 0 aromatic heterocycles. The summed E-state index contributed by atoms with van der Waals surface area (Å²) in [7, 11) is -3.71. The second kappa shape index (κ2) is 6.37. The lowest BCUT2D eigenvalue weighted by atomic mass is 10.2. The van der Waals surface area contributed by atoms with Crippen LogP contribution in [0.5, 0.6) is 0 Å². The quantitative estimate of drug-likeness (QED) is 0.863. The molecule has 0 heterocycles. The van der Waals surface area contributed by atoms with Gasteiger partial charge in [0.1, 0.15) is 0 Å². The van der Waals surface area contributed by atoms with Gasteiger partial charge in [-0.05, 0) is 36.2 Å². The molecule has 0 radical (unpaired) electrons. The Morgan fingerprint density at radius 1 is 1.15 bits per heavy atom. The zero-order chi connectivity index (χ0) is 14.6. The Morgan fingerprint density at radius 2 is 1.85 bits per heavy atom. The molecule has 0 saturated heterocycles. The Bertz CT molecular complexity index is 687. The zero-order valence-corrected chi connectivity index (χ0v) is 12.4. The van der Waals surface area contributed by atoms with Crippen molar-refractivity contribution in [2.75, 3.05) is 0 Å². The van der Waals surface area contributed by atoms with E-state index in [9.17, 15) is 8.42 Å². The average molecular weight is 312 g/mol. The predicted octanol–water partition coefficient (Wildman–Crippen LogP) is 3.06. The molecular formula is C14H14ClNO3S. The van der Waals surface area contributed by atoms with Crippen molar-refractivity contribution < 1.29 is 13.3 Å². The molecule has 0 spiro atoms. The molecule has 0 aliphatic rings. The van der Waals surface area contributed by atoms with E-state index >= 15 is 0 Å². The van der Waals surface area contributed by atoms with Crippen molar-refractivity contribution in [1.82, 2.24) is 4.89 Å². The van der Waals surface area contributed by atoms with Crippen LogP contribution in [0.15, 0.2) is 53.4 Å². The van der Waals surface area contributed by atoms with Gasteiger partial charge in [0.25, 0.3) is 10.0 Å². The first kappa shape index (κ1) is 15.0. The van der Waals surface area contributed by atoms with Gasteiger partial charge in [-0.3, -0.25) is 4.84 Å². The summed E-state index contributed by atoms with van der Waals surface area (Å²) in [6, 6.07) is 13.9. The minimum atomic E-state index is -3.71. The van der Waals surface area contributed by atoms with Gasteiger partial charge in [0.05, 0.1) is 11.5 Å². The number of hydrogen-bond donors (Lipinski definition) is 1. The largest absolute Gasteiger partial charge is 0.282 e. The van der Waals surface area contributed by atoms with E-state index < -0.39 is 10.0 Å². The van der Waals surface area contributed by atoms with Crippen molar-refractivity contribution in [2.45, 2.75) is 18.4 Å². The maximum Gasteiger partial charge on any atom is 0.262 e. The molecule has 0 aliphatic heterocycles. The van der Waals surface area contributed by atoms with Gasteiger partial charge in [0, 0.05) is 5.02 Å². The van der Waals surface area contributed by atoms with E-state index in [1.807, 2.05) is 30.3 Å². The maximum atomic E-state index is 12.1. The van der Waals surface area contributed by atoms with Crippen LogP contribution in [0, 0.1) is 6.92 Å². The normalized spacial score (nSPS) is 11.5. The predicted molar refractivity (Wildman–Crippen MR) is 77.7 cm³/mol. The first-order valence-electron chi connectivity index (χ1n) is 5.93. The summed E-state index contributed by atoms with van der Waals surface area (Å²) >= 11 is 5.80. The second-order valence-corrected chi connectivity index (χ2v) is 6.32. The molecule has 0 aliphatic carbocycles. The van der Waals surface area contributed by atoms with Crippen LogP contribution in [0.1, 0.15) is 11.1 Å². The number of rotatable bonds is 5. The Labute approximate surface area is 123 Å². The Kier molecular flexibility index (Phi) is 4.77. The fourth-order valence-corrected chi connectivity index (χ4v) is 2.98. The van der Waals surface area contributed by atoms with Crippen LogP contribution in [0.25, 0.3) is 0 Å². The molecule has 20 heavy (non-hydrogen) atoms. The molecule has 6 heteroatoms. The van der Waals surface area contributed by atoms with Crippen molar-refractivity contribution in [1.29, 1.82) is 0 Å². The van der Waals surface area contributed by atoms with Crippen LogP contribution < -0.4 is 4.89 Å². The summed E-state index contributed by atoms with van der Waals surface area (Å²) < 4.78 is 24.2. The van der Waals surface area contributed by atoms with Crippen molar-refractivity contribution in [2.24, 2.45) is 0 Å². The van der Waals surface area contributed by atoms with E-state index in [1.165, 1.54) is 12.1 Å². The zero-order valence-electron chi connectivity index (χ0n) is 10.8. The highest BCUT2D eigenvalue weighted by molar-refractivity contribution is 7.89. The molecule has 2 rings (SSSR count). The van der Waals surface area contributed by atoms with Crippen molar-refractivity contribution in [3.05, 3.63) is 64.7 Å². The first-order chi connectivity index (χ1) is 9.49. The molecule has 0 saturated carbocycles. The molecule has 0 amide bonds. The van der Waals surface area contributed by atoms with E-state index in [2.05, 4.69) is 4.89 Å². The van der Waals surface area contributed by atoms with Gasteiger partial charge in [0.15, 0.2) is 0 Å². The summed E-state index contributed by atoms with van der Waals surface area (Å²) in [6.45, 7) is 1.84. The maximum absolute atomic E-state index is 12.1. The lowest BCUT2D eigenvalue weighted by Gasteiger charge is -2.09. The number of nitrogens with one attached hydrogen (secondary N) is 1. The highest BCUT2D eigenvalue weighted by Crippen LogP contribution is 2.19. The van der Waals surface area contributed by atoms with Gasteiger partial charge in [0.2, 0.25) is 0 Å². The SMILES string of the molecule is Cc1cc(Cl)ccc1S(=O)(=O)NOCc1ccccc1. The third-order valence-corrected chi connectivity index (χ3v) is 4.29. The van der Waals surface area contributed by atoms with Crippen molar-refractivity contribution in [3.63, 3.8) is 0 Å². The van der Waals surface area contributed by atoms with Crippen LogP contribution in [0.2, 0.25) is 5.02 Å². The smallest absolute Gasteiger partial charge is 0.262 e. The van der Waals surface area contributed by atoms with Crippen LogP contribution >= 0.6 is 11.6 Å². The summed E-state index contributed by atoms with van der Waals surface area (Å²) in [5.41, 5.74) is 1.44. The highest BCUT2D eigenvalue weighted by atomic mass is 35.5. The van der Waals surface area contributed by atoms with Gasteiger partial charge in [-0.1, -0.05) is 46.8 Å². The average Bonchev–Trinajstić information content (AvgIpc) is 2.39. The number of benzene rings is 2. The second-order valence-electron chi connectivity index (χ2n) is 4.27. The molecular weight excluding hydrogens is 298 g/mol. The van der Waals surface area contributed by atoms with Crippen LogP contribution in [-0.2, 0) is 21.5 Å². The topological polar surface area (TPSA) is 55.4 Å². The molecule has 0 atom stereocenters. The molecule has 2 aromatic carbocycles. The Hall–Kier alpha value is -1.40. The highest BCUT2D eigenvalue weighted by Gasteiger charge is 2.17. The van der Waals surface area contributed by atoms with E-state index in [-0.39, 0.29) is 11.5 Å². The molecule has 1 N–H and O–H groups in total. The summed E-state index contributed by atoms with van der Waals surface area (Å²) in [6.07, 6.45) is 0. The van der Waals surface area contributed by atoms with Crippen molar-refractivity contribution >= 4 is 21.6 Å². The molecule has 0 unspecified atom stereocenters. The number of sulfonamides is 1. The number of aryl methyl sites for hydroxylation is 1. The number of halogens is 1. The minimum Gasteiger partial charge on any atom is -0.282 e. The lowest BCUT2D eigenvalue weighted by Crippen LogP contribution is -2.24. The van der Waals surface area contributed by atoms with E-state index in [0.29, 0.717) is 10.6 Å². The molecule has 2 aromatic rings. The molecule has 0 bridgehead atoms. The fraction of sp³-hybridized carbons (Fsp3) is 0.143. The van der Waals surface area contributed by atoms with Crippen LogP contribution in [0.4, 0.5) is 0 Å².